The van der Waals surface area contributed by atoms with E-state index in [0.717, 1.165) is 26.2 Å². The van der Waals surface area contributed by atoms with Crippen LogP contribution in [0.2, 0.25) is 0 Å². The SMILES string of the molecule is CC(NC(=O)CN(Cc1ccco1)S(=O)(=O)/C=C/c1ccccc1)c1cc2ccccc2o1. The molecule has 2 heterocycles. The molecule has 2 aromatic carbocycles. The summed E-state index contributed by atoms with van der Waals surface area (Å²) in [5.41, 5.74) is 1.46. The lowest BCUT2D eigenvalue weighted by Gasteiger charge is -2.20. The van der Waals surface area contributed by atoms with Gasteiger partial charge in [0.15, 0.2) is 0 Å². The first-order chi connectivity index (χ1) is 15.9. The summed E-state index contributed by atoms with van der Waals surface area (Å²) in [5.74, 6) is 0.574. The highest BCUT2D eigenvalue weighted by Gasteiger charge is 2.25. The lowest BCUT2D eigenvalue weighted by molar-refractivity contribution is -0.122. The van der Waals surface area contributed by atoms with Crippen molar-refractivity contribution in [2.24, 2.45) is 0 Å². The minimum atomic E-state index is -3.90. The Kier molecular flexibility index (Phi) is 6.76. The lowest BCUT2D eigenvalue weighted by Crippen LogP contribution is -2.40. The van der Waals surface area contributed by atoms with Crippen molar-refractivity contribution in [2.75, 3.05) is 6.54 Å². The molecule has 0 radical (unpaired) electrons. The van der Waals surface area contributed by atoms with Crippen molar-refractivity contribution in [3.63, 3.8) is 0 Å². The van der Waals surface area contributed by atoms with Gasteiger partial charge in [0.25, 0.3) is 0 Å². The number of para-hydroxylation sites is 1. The van der Waals surface area contributed by atoms with Crippen LogP contribution in [-0.2, 0) is 21.4 Å². The van der Waals surface area contributed by atoms with Crippen LogP contribution in [0, 0.1) is 0 Å². The van der Waals surface area contributed by atoms with Crippen LogP contribution in [0.25, 0.3) is 17.0 Å². The van der Waals surface area contributed by atoms with E-state index >= 15 is 0 Å². The quantitative estimate of drug-likeness (QED) is 0.387. The maximum absolute atomic E-state index is 13.0. The van der Waals surface area contributed by atoms with Crippen LogP contribution in [0.4, 0.5) is 0 Å². The van der Waals surface area contributed by atoms with E-state index in [2.05, 4.69) is 5.32 Å². The summed E-state index contributed by atoms with van der Waals surface area (Å²) < 4.78 is 38.3. The minimum absolute atomic E-state index is 0.0685. The maximum Gasteiger partial charge on any atom is 0.237 e. The number of hydrogen-bond donors (Lipinski definition) is 1. The van der Waals surface area contributed by atoms with Crippen LogP contribution in [0.3, 0.4) is 0 Å². The van der Waals surface area contributed by atoms with Gasteiger partial charge >= 0.3 is 0 Å². The molecule has 0 bridgehead atoms. The highest BCUT2D eigenvalue weighted by Crippen LogP contribution is 2.23. The monoisotopic (exact) mass is 464 g/mol. The molecule has 1 unspecified atom stereocenters. The number of carbonyl (C=O) groups is 1. The smallest absolute Gasteiger partial charge is 0.237 e. The van der Waals surface area contributed by atoms with E-state index in [-0.39, 0.29) is 13.1 Å². The van der Waals surface area contributed by atoms with Crippen molar-refractivity contribution in [3.05, 3.63) is 102 Å². The Labute approximate surface area is 192 Å². The number of sulfonamides is 1. The van der Waals surface area contributed by atoms with Crippen LogP contribution in [0.15, 0.2) is 93.3 Å². The zero-order valence-corrected chi connectivity index (χ0v) is 18.9. The van der Waals surface area contributed by atoms with Gasteiger partial charge in [0, 0.05) is 10.8 Å². The van der Waals surface area contributed by atoms with E-state index < -0.39 is 22.0 Å². The summed E-state index contributed by atoms with van der Waals surface area (Å²) in [6.07, 6.45) is 2.96. The first-order valence-electron chi connectivity index (χ1n) is 10.4. The zero-order valence-electron chi connectivity index (χ0n) is 18.0. The molecule has 0 fully saturated rings. The van der Waals surface area contributed by atoms with Gasteiger partial charge in [-0.25, -0.2) is 8.42 Å². The number of furan rings is 2. The van der Waals surface area contributed by atoms with Crippen molar-refractivity contribution in [2.45, 2.75) is 19.5 Å². The molecule has 170 valence electrons. The fourth-order valence-electron chi connectivity index (χ4n) is 3.36. The largest absolute Gasteiger partial charge is 0.468 e. The number of nitrogens with zero attached hydrogens (tertiary/aromatic N) is 1. The molecule has 7 nitrogen and oxygen atoms in total. The molecule has 0 spiro atoms. The number of benzene rings is 2. The molecule has 1 amide bonds. The third kappa shape index (κ3) is 5.79. The summed E-state index contributed by atoms with van der Waals surface area (Å²) in [6, 6.07) is 21.4. The number of hydrogen-bond acceptors (Lipinski definition) is 5. The molecular weight excluding hydrogens is 440 g/mol. The lowest BCUT2D eigenvalue weighted by atomic mass is 10.2. The molecule has 0 aliphatic carbocycles. The van der Waals surface area contributed by atoms with E-state index in [0.29, 0.717) is 11.5 Å². The molecule has 0 aliphatic heterocycles. The highest BCUT2D eigenvalue weighted by molar-refractivity contribution is 7.92. The molecular formula is C25H24N2O5S. The Hall–Kier alpha value is -3.62. The second-order valence-electron chi connectivity index (χ2n) is 7.58. The van der Waals surface area contributed by atoms with Gasteiger partial charge in [-0.2, -0.15) is 4.31 Å². The van der Waals surface area contributed by atoms with Crippen molar-refractivity contribution in [1.82, 2.24) is 9.62 Å². The Bertz CT molecular complexity index is 1310. The molecule has 1 atom stereocenters. The number of carbonyl (C=O) groups excluding carboxylic acids is 1. The van der Waals surface area contributed by atoms with Gasteiger partial charge in [-0.05, 0) is 42.8 Å². The van der Waals surface area contributed by atoms with Gasteiger partial charge in [-0.3, -0.25) is 4.79 Å². The van der Waals surface area contributed by atoms with Crippen molar-refractivity contribution < 1.29 is 22.0 Å². The molecule has 0 saturated carbocycles. The first-order valence-corrected chi connectivity index (χ1v) is 11.9. The minimum Gasteiger partial charge on any atom is -0.468 e. The molecule has 1 N–H and O–H groups in total. The summed E-state index contributed by atoms with van der Waals surface area (Å²) >= 11 is 0. The van der Waals surface area contributed by atoms with Gasteiger partial charge in [-0.1, -0.05) is 48.5 Å². The molecule has 0 aliphatic rings. The number of rotatable bonds is 9. The Balaban J connectivity index is 1.49. The second kappa shape index (κ2) is 9.89. The fraction of sp³-hybridized carbons (Fsp3) is 0.160. The van der Waals surface area contributed by atoms with Crippen LogP contribution in [0.1, 0.15) is 30.0 Å². The average Bonchev–Trinajstić information content (AvgIpc) is 3.48. The number of nitrogens with one attached hydrogen (secondary N) is 1. The highest BCUT2D eigenvalue weighted by atomic mass is 32.2. The Morgan fingerprint density at radius 1 is 1.06 bits per heavy atom. The Morgan fingerprint density at radius 2 is 1.82 bits per heavy atom. The Morgan fingerprint density at radius 3 is 2.55 bits per heavy atom. The normalized spacial score (nSPS) is 13.0. The van der Waals surface area contributed by atoms with E-state index in [1.165, 1.54) is 12.3 Å². The van der Waals surface area contributed by atoms with Gasteiger partial charge < -0.3 is 14.2 Å². The van der Waals surface area contributed by atoms with Gasteiger partial charge in [0.2, 0.25) is 15.9 Å². The third-order valence-electron chi connectivity index (χ3n) is 5.07. The first kappa shape index (κ1) is 22.6. The fourth-order valence-corrected chi connectivity index (χ4v) is 4.47. The number of amides is 1. The van der Waals surface area contributed by atoms with E-state index in [1.54, 1.807) is 31.2 Å². The van der Waals surface area contributed by atoms with Crippen LogP contribution >= 0.6 is 0 Å². The summed E-state index contributed by atoms with van der Waals surface area (Å²) in [6.45, 7) is 1.35. The molecule has 33 heavy (non-hydrogen) atoms. The van der Waals surface area contributed by atoms with Crippen LogP contribution < -0.4 is 5.32 Å². The topological polar surface area (TPSA) is 92.8 Å². The predicted octanol–water partition coefficient (Wildman–Crippen LogP) is 4.71. The molecule has 2 aromatic heterocycles. The summed E-state index contributed by atoms with van der Waals surface area (Å²) in [4.78, 5) is 12.8. The molecule has 4 rings (SSSR count). The van der Waals surface area contributed by atoms with Gasteiger partial charge in [-0.15, -0.1) is 0 Å². The molecule has 4 aromatic rings. The average molecular weight is 465 g/mol. The van der Waals surface area contributed by atoms with Gasteiger partial charge in [0.05, 0.1) is 25.4 Å². The predicted molar refractivity (Wildman–Crippen MR) is 126 cm³/mol. The van der Waals surface area contributed by atoms with Crippen molar-refractivity contribution in [1.29, 1.82) is 0 Å². The second-order valence-corrected chi connectivity index (χ2v) is 9.40. The van der Waals surface area contributed by atoms with E-state index in [9.17, 15) is 13.2 Å². The summed E-state index contributed by atoms with van der Waals surface area (Å²) in [5, 5.41) is 4.85. The van der Waals surface area contributed by atoms with Crippen molar-refractivity contribution in [3.8, 4) is 0 Å². The van der Waals surface area contributed by atoms with E-state index in [4.69, 9.17) is 8.83 Å². The molecule has 0 saturated heterocycles. The third-order valence-corrected chi connectivity index (χ3v) is 6.53. The number of fused-ring (bicyclic) bond motifs is 1. The summed E-state index contributed by atoms with van der Waals surface area (Å²) in [7, 11) is -3.90. The van der Waals surface area contributed by atoms with Crippen LogP contribution in [-0.4, -0.2) is 25.2 Å². The standard InChI is InChI=1S/C25H24N2O5S/c1-19(24-16-21-10-5-6-12-23(21)32-24)26-25(28)18-27(17-22-11-7-14-31-22)33(29,30)15-13-20-8-3-2-4-9-20/h2-16,19H,17-18H2,1H3,(H,26,28)/b15-13+. The zero-order chi connectivity index (χ0) is 23.3. The van der Waals surface area contributed by atoms with Gasteiger partial charge in [0.1, 0.15) is 17.1 Å². The van der Waals surface area contributed by atoms with E-state index in [1.807, 2.05) is 48.5 Å². The maximum atomic E-state index is 13.0. The van der Waals surface area contributed by atoms with Crippen molar-refractivity contribution >= 4 is 33.0 Å². The molecule has 8 heteroatoms. The van der Waals surface area contributed by atoms with Crippen LogP contribution in [0.5, 0.6) is 0 Å².